The number of carbonyl (C=O) groups excluding carboxylic acids is 2. The van der Waals surface area contributed by atoms with Crippen molar-refractivity contribution in [1.29, 1.82) is 0 Å². The van der Waals surface area contributed by atoms with Gasteiger partial charge >= 0.3 is 6.18 Å². The van der Waals surface area contributed by atoms with Crippen LogP contribution >= 0.6 is 0 Å². The Morgan fingerprint density at radius 2 is 2.00 bits per heavy atom. The topological polar surface area (TPSA) is 58.6 Å². The molecule has 0 saturated carbocycles. The van der Waals surface area contributed by atoms with Crippen molar-refractivity contribution in [3.63, 3.8) is 0 Å². The van der Waals surface area contributed by atoms with Gasteiger partial charge in [-0.05, 0) is 30.7 Å². The van der Waals surface area contributed by atoms with Crippen LogP contribution in [-0.2, 0) is 16.1 Å². The van der Waals surface area contributed by atoms with E-state index in [1.54, 1.807) is 24.3 Å². The van der Waals surface area contributed by atoms with Gasteiger partial charge in [0.25, 0.3) is 5.91 Å². The summed E-state index contributed by atoms with van der Waals surface area (Å²) >= 11 is 0. The molecule has 1 heterocycles. The van der Waals surface area contributed by atoms with E-state index in [1.807, 2.05) is 0 Å². The maximum Gasteiger partial charge on any atom is 0.414 e. The first kappa shape index (κ1) is 20.0. The van der Waals surface area contributed by atoms with Gasteiger partial charge in [-0.2, -0.15) is 13.2 Å². The Bertz CT molecular complexity index is 659. The average molecular weight is 370 g/mol. The molecule has 2 unspecified atom stereocenters. The number of nitrogens with zero attached hydrogens (tertiary/aromatic N) is 1. The third-order valence-electron chi connectivity index (χ3n) is 4.04. The Morgan fingerprint density at radius 1 is 1.35 bits per heavy atom. The molecule has 0 aliphatic carbocycles. The van der Waals surface area contributed by atoms with Crippen LogP contribution in [0.25, 0.3) is 0 Å². The third-order valence-corrected chi connectivity index (χ3v) is 4.04. The molecule has 0 radical (unpaired) electrons. The van der Waals surface area contributed by atoms with Gasteiger partial charge in [0.1, 0.15) is 0 Å². The minimum Gasteiger partial charge on any atom is -0.364 e. The number of alkyl halides is 3. The monoisotopic (exact) mass is 370 g/mol. The number of amides is 2. The molecular weight excluding hydrogens is 349 g/mol. The van der Waals surface area contributed by atoms with Crippen LogP contribution in [0.2, 0.25) is 0 Å². The van der Waals surface area contributed by atoms with Gasteiger partial charge in [0.2, 0.25) is 5.91 Å². The first-order valence-electron chi connectivity index (χ1n) is 8.21. The van der Waals surface area contributed by atoms with E-state index in [9.17, 15) is 22.8 Å². The highest BCUT2D eigenvalue weighted by Crippen LogP contribution is 2.28. The van der Waals surface area contributed by atoms with Crippen LogP contribution in [0.3, 0.4) is 0 Å². The van der Waals surface area contributed by atoms with Gasteiger partial charge in [-0.1, -0.05) is 18.7 Å². The summed E-state index contributed by atoms with van der Waals surface area (Å²) in [5, 5.41) is 2.62. The highest BCUT2D eigenvalue weighted by molar-refractivity contribution is 5.94. The van der Waals surface area contributed by atoms with Gasteiger partial charge in [0.15, 0.2) is 6.10 Å². The molecule has 8 heteroatoms. The second kappa shape index (κ2) is 8.35. The van der Waals surface area contributed by atoms with E-state index in [-0.39, 0.29) is 31.3 Å². The zero-order valence-electron chi connectivity index (χ0n) is 14.4. The van der Waals surface area contributed by atoms with Crippen molar-refractivity contribution in [3.05, 3.63) is 48.0 Å². The van der Waals surface area contributed by atoms with Gasteiger partial charge in [-0.25, -0.2) is 0 Å². The molecule has 0 aromatic heterocycles. The molecule has 26 heavy (non-hydrogen) atoms. The molecule has 0 bridgehead atoms. The van der Waals surface area contributed by atoms with Gasteiger partial charge < -0.3 is 15.0 Å². The number of hydrogen-bond acceptors (Lipinski definition) is 3. The van der Waals surface area contributed by atoms with Crippen LogP contribution < -0.4 is 5.32 Å². The highest BCUT2D eigenvalue weighted by Gasteiger charge is 2.43. The van der Waals surface area contributed by atoms with E-state index in [0.29, 0.717) is 12.1 Å². The van der Waals surface area contributed by atoms with Crippen LogP contribution in [0, 0.1) is 0 Å². The smallest absolute Gasteiger partial charge is 0.364 e. The second-order valence-electron chi connectivity index (χ2n) is 6.14. The number of rotatable bonds is 4. The zero-order chi connectivity index (χ0) is 19.3. The molecule has 1 N–H and O–H groups in total. The quantitative estimate of drug-likeness (QED) is 0.829. The van der Waals surface area contributed by atoms with Crippen molar-refractivity contribution in [3.8, 4) is 0 Å². The van der Waals surface area contributed by atoms with Crippen LogP contribution in [-0.4, -0.2) is 48.2 Å². The van der Waals surface area contributed by atoms with E-state index in [2.05, 4.69) is 11.9 Å². The van der Waals surface area contributed by atoms with E-state index < -0.39 is 18.4 Å². The number of ether oxygens (including phenoxy) is 1. The highest BCUT2D eigenvalue weighted by atomic mass is 19.4. The molecule has 1 aliphatic rings. The van der Waals surface area contributed by atoms with Crippen LogP contribution in [0.15, 0.2) is 36.9 Å². The maximum atomic E-state index is 12.9. The molecule has 2 amide bonds. The molecule has 1 aliphatic heterocycles. The summed E-state index contributed by atoms with van der Waals surface area (Å²) in [6, 6.07) is 6.56. The fourth-order valence-electron chi connectivity index (χ4n) is 2.70. The van der Waals surface area contributed by atoms with Crippen molar-refractivity contribution >= 4 is 11.8 Å². The van der Waals surface area contributed by atoms with Crippen molar-refractivity contribution in [1.82, 2.24) is 10.2 Å². The molecule has 1 aromatic carbocycles. The molecule has 2 atom stereocenters. The minimum absolute atomic E-state index is 0.0233. The third kappa shape index (κ3) is 5.32. The Balaban J connectivity index is 2.01. The van der Waals surface area contributed by atoms with Crippen LogP contribution in [0.5, 0.6) is 0 Å². The summed E-state index contributed by atoms with van der Waals surface area (Å²) in [6.07, 6.45) is -6.13. The number of benzene rings is 1. The normalized spacial score (nSPS) is 21.0. The Hall–Kier alpha value is -2.35. The standard InChI is InChI=1S/C18H21F3N2O3/c1-3-16(24)22-10-13-4-6-14(7-5-13)17(25)23-9-8-15(18(19,20)21)26-12(2)11-23/h3-7,12,15H,1,8-11H2,2H3,(H,22,24). The van der Waals surface area contributed by atoms with Crippen molar-refractivity contribution in [2.75, 3.05) is 13.1 Å². The number of halogens is 3. The Kier molecular flexibility index (Phi) is 6.42. The lowest BCUT2D eigenvalue weighted by molar-refractivity contribution is -0.228. The van der Waals surface area contributed by atoms with Crippen LogP contribution in [0.4, 0.5) is 13.2 Å². The predicted octanol–water partition coefficient (Wildman–Crippen LogP) is 2.67. The molecule has 0 spiro atoms. The average Bonchev–Trinajstić information content (AvgIpc) is 2.81. The molecule has 142 valence electrons. The summed E-state index contributed by atoms with van der Waals surface area (Å²) in [7, 11) is 0. The van der Waals surface area contributed by atoms with E-state index in [1.165, 1.54) is 11.8 Å². The fraction of sp³-hybridized carbons (Fsp3) is 0.444. The molecule has 2 rings (SSSR count). The zero-order valence-corrected chi connectivity index (χ0v) is 14.4. The number of carbonyl (C=O) groups is 2. The van der Waals surface area contributed by atoms with E-state index in [0.717, 1.165) is 11.6 Å². The van der Waals surface area contributed by atoms with E-state index in [4.69, 9.17) is 4.74 Å². The molecule has 1 aromatic rings. The lowest BCUT2D eigenvalue weighted by atomic mass is 10.1. The van der Waals surface area contributed by atoms with Crippen LogP contribution in [0.1, 0.15) is 29.3 Å². The van der Waals surface area contributed by atoms with Crippen molar-refractivity contribution in [2.24, 2.45) is 0 Å². The second-order valence-corrected chi connectivity index (χ2v) is 6.14. The summed E-state index contributed by atoms with van der Waals surface area (Å²) < 4.78 is 43.7. The predicted molar refractivity (Wildman–Crippen MR) is 89.4 cm³/mol. The summed E-state index contributed by atoms with van der Waals surface area (Å²) in [4.78, 5) is 25.1. The van der Waals surface area contributed by atoms with Crippen molar-refractivity contribution < 1.29 is 27.5 Å². The number of hydrogen-bond donors (Lipinski definition) is 1. The largest absolute Gasteiger partial charge is 0.414 e. The molecule has 5 nitrogen and oxygen atoms in total. The van der Waals surface area contributed by atoms with E-state index >= 15 is 0 Å². The van der Waals surface area contributed by atoms with Gasteiger partial charge in [-0.15, -0.1) is 0 Å². The summed E-state index contributed by atoms with van der Waals surface area (Å²) in [5.41, 5.74) is 1.17. The minimum atomic E-state index is -4.44. The van der Waals surface area contributed by atoms with Gasteiger partial charge in [0.05, 0.1) is 6.10 Å². The SMILES string of the molecule is C=CC(=O)NCc1ccc(C(=O)N2CCC(C(F)(F)F)OC(C)C2)cc1. The van der Waals surface area contributed by atoms with Gasteiger partial charge in [0, 0.05) is 31.6 Å². The van der Waals surface area contributed by atoms with Gasteiger partial charge in [-0.3, -0.25) is 9.59 Å². The lowest BCUT2D eigenvalue weighted by Crippen LogP contribution is -2.35. The Labute approximate surface area is 149 Å². The maximum absolute atomic E-state index is 12.9. The lowest BCUT2D eigenvalue weighted by Gasteiger charge is -2.22. The fourth-order valence-corrected chi connectivity index (χ4v) is 2.70. The first-order valence-corrected chi connectivity index (χ1v) is 8.21. The molecular formula is C18H21F3N2O3. The summed E-state index contributed by atoms with van der Waals surface area (Å²) in [6.45, 7) is 5.25. The Morgan fingerprint density at radius 3 is 2.58 bits per heavy atom. The van der Waals surface area contributed by atoms with Crippen molar-refractivity contribution in [2.45, 2.75) is 38.3 Å². The summed E-state index contributed by atoms with van der Waals surface area (Å²) in [5.74, 6) is -0.645. The first-order chi connectivity index (χ1) is 12.2. The molecule has 1 fully saturated rings. The number of nitrogens with one attached hydrogen (secondary N) is 1. The molecule has 1 saturated heterocycles.